The Hall–Kier alpha value is -1.06. The molecular weight excluding hydrogens is 224 g/mol. The minimum absolute atomic E-state index is 0.595. The molecule has 1 aromatic rings. The molecule has 0 aliphatic carbocycles. The molecule has 0 amide bonds. The van der Waals surface area contributed by atoms with Crippen LogP contribution in [0.25, 0.3) is 0 Å². The highest BCUT2D eigenvalue weighted by Crippen LogP contribution is 2.10. The van der Waals surface area contributed by atoms with Gasteiger partial charge in [-0.05, 0) is 38.7 Å². The average Bonchev–Trinajstić information content (AvgIpc) is 2.25. The van der Waals surface area contributed by atoms with Gasteiger partial charge in [0.2, 0.25) is 0 Å². The molecular formula is C12H17ClN2O. The SMILES string of the molecule is C/C(=N\OCCN(C)C)c1ccc(Cl)cc1. The molecule has 0 bridgehead atoms. The van der Waals surface area contributed by atoms with Crippen LogP contribution in [0.3, 0.4) is 0 Å². The molecule has 1 aromatic carbocycles. The van der Waals surface area contributed by atoms with Gasteiger partial charge in [-0.25, -0.2) is 0 Å². The summed E-state index contributed by atoms with van der Waals surface area (Å²) in [6.45, 7) is 3.37. The lowest BCUT2D eigenvalue weighted by Gasteiger charge is -2.08. The highest BCUT2D eigenvalue weighted by atomic mass is 35.5. The summed E-state index contributed by atoms with van der Waals surface area (Å²) < 4.78 is 0. The van der Waals surface area contributed by atoms with E-state index in [1.807, 2.05) is 50.2 Å². The monoisotopic (exact) mass is 240 g/mol. The quantitative estimate of drug-likeness (QED) is 0.449. The van der Waals surface area contributed by atoms with Crippen molar-refractivity contribution < 1.29 is 4.84 Å². The number of likely N-dealkylation sites (N-methyl/N-ethyl adjacent to an activating group) is 1. The second-order valence-corrected chi connectivity index (χ2v) is 4.26. The summed E-state index contributed by atoms with van der Waals surface area (Å²) in [5.41, 5.74) is 1.88. The Morgan fingerprint density at radius 1 is 1.31 bits per heavy atom. The third-order valence-electron chi connectivity index (χ3n) is 2.09. The average molecular weight is 241 g/mol. The lowest BCUT2D eigenvalue weighted by molar-refractivity contribution is 0.126. The molecule has 0 spiro atoms. The molecule has 0 fully saturated rings. The maximum absolute atomic E-state index is 5.80. The van der Waals surface area contributed by atoms with Gasteiger partial charge < -0.3 is 9.74 Å². The van der Waals surface area contributed by atoms with E-state index in [9.17, 15) is 0 Å². The molecule has 16 heavy (non-hydrogen) atoms. The van der Waals surface area contributed by atoms with Gasteiger partial charge in [-0.1, -0.05) is 28.9 Å². The summed E-state index contributed by atoms with van der Waals surface area (Å²) in [6, 6.07) is 7.54. The lowest BCUT2D eigenvalue weighted by atomic mass is 10.1. The molecule has 0 radical (unpaired) electrons. The van der Waals surface area contributed by atoms with Crippen LogP contribution < -0.4 is 0 Å². The molecule has 0 atom stereocenters. The first-order valence-electron chi connectivity index (χ1n) is 5.17. The Balaban J connectivity index is 2.47. The van der Waals surface area contributed by atoms with Crippen molar-refractivity contribution in [2.24, 2.45) is 5.16 Å². The largest absolute Gasteiger partial charge is 0.394 e. The van der Waals surface area contributed by atoms with Crippen LogP contribution in [0.4, 0.5) is 0 Å². The van der Waals surface area contributed by atoms with Gasteiger partial charge in [-0.3, -0.25) is 0 Å². The normalized spacial score (nSPS) is 11.9. The molecule has 0 N–H and O–H groups in total. The number of benzene rings is 1. The van der Waals surface area contributed by atoms with Gasteiger partial charge in [0.05, 0.1) is 5.71 Å². The summed E-state index contributed by atoms with van der Waals surface area (Å²) in [7, 11) is 4.00. The number of hydrogen-bond donors (Lipinski definition) is 0. The maximum atomic E-state index is 5.80. The van der Waals surface area contributed by atoms with Crippen molar-refractivity contribution >= 4 is 17.3 Å². The lowest BCUT2D eigenvalue weighted by Crippen LogP contribution is -2.17. The van der Waals surface area contributed by atoms with Gasteiger partial charge in [0, 0.05) is 11.6 Å². The van der Waals surface area contributed by atoms with E-state index >= 15 is 0 Å². The first-order chi connectivity index (χ1) is 7.59. The Morgan fingerprint density at radius 3 is 2.50 bits per heavy atom. The minimum Gasteiger partial charge on any atom is -0.394 e. The summed E-state index contributed by atoms with van der Waals surface area (Å²) in [6.07, 6.45) is 0. The number of oxime groups is 1. The zero-order chi connectivity index (χ0) is 12.0. The van der Waals surface area contributed by atoms with E-state index in [0.29, 0.717) is 6.61 Å². The fourth-order valence-corrected chi connectivity index (χ4v) is 1.24. The number of hydrogen-bond acceptors (Lipinski definition) is 3. The molecule has 0 aromatic heterocycles. The van der Waals surface area contributed by atoms with E-state index in [2.05, 4.69) is 5.16 Å². The number of rotatable bonds is 5. The van der Waals surface area contributed by atoms with Gasteiger partial charge in [0.15, 0.2) is 0 Å². The van der Waals surface area contributed by atoms with Crippen molar-refractivity contribution in [2.45, 2.75) is 6.92 Å². The fourth-order valence-electron chi connectivity index (χ4n) is 1.11. The predicted octanol–water partition coefficient (Wildman–Crippen LogP) is 2.64. The molecule has 0 heterocycles. The molecule has 4 heteroatoms. The van der Waals surface area contributed by atoms with Crippen molar-refractivity contribution in [1.82, 2.24) is 4.90 Å². The summed E-state index contributed by atoms with van der Waals surface area (Å²) in [5, 5.41) is 4.77. The molecule has 0 unspecified atom stereocenters. The van der Waals surface area contributed by atoms with Gasteiger partial charge >= 0.3 is 0 Å². The molecule has 0 saturated heterocycles. The molecule has 1 rings (SSSR count). The summed E-state index contributed by atoms with van der Waals surface area (Å²) >= 11 is 5.80. The van der Waals surface area contributed by atoms with Gasteiger partial charge in [-0.2, -0.15) is 0 Å². The Kier molecular flexibility index (Phi) is 5.29. The van der Waals surface area contributed by atoms with Gasteiger partial charge in [0.1, 0.15) is 6.61 Å². The van der Waals surface area contributed by atoms with Crippen LogP contribution >= 0.6 is 11.6 Å². The van der Waals surface area contributed by atoms with Crippen molar-refractivity contribution in [1.29, 1.82) is 0 Å². The van der Waals surface area contributed by atoms with E-state index in [1.165, 1.54) is 0 Å². The molecule has 0 aliphatic rings. The topological polar surface area (TPSA) is 24.8 Å². The van der Waals surface area contributed by atoms with Crippen LogP contribution in [0.15, 0.2) is 29.4 Å². The fraction of sp³-hybridized carbons (Fsp3) is 0.417. The van der Waals surface area contributed by atoms with Crippen LogP contribution in [-0.2, 0) is 4.84 Å². The first-order valence-corrected chi connectivity index (χ1v) is 5.54. The van der Waals surface area contributed by atoms with E-state index in [4.69, 9.17) is 16.4 Å². The molecule has 0 saturated carbocycles. The van der Waals surface area contributed by atoms with E-state index in [-0.39, 0.29) is 0 Å². The van der Waals surface area contributed by atoms with Crippen LogP contribution in [0.2, 0.25) is 5.02 Å². The van der Waals surface area contributed by atoms with E-state index in [1.54, 1.807) is 0 Å². The highest BCUT2D eigenvalue weighted by molar-refractivity contribution is 6.30. The minimum atomic E-state index is 0.595. The zero-order valence-electron chi connectivity index (χ0n) is 9.90. The van der Waals surface area contributed by atoms with Crippen molar-refractivity contribution in [3.63, 3.8) is 0 Å². The van der Waals surface area contributed by atoms with Crippen molar-refractivity contribution in [2.75, 3.05) is 27.2 Å². The van der Waals surface area contributed by atoms with Gasteiger partial charge in [-0.15, -0.1) is 0 Å². The summed E-state index contributed by atoms with van der Waals surface area (Å²) in [4.78, 5) is 7.25. The zero-order valence-corrected chi connectivity index (χ0v) is 10.7. The molecule has 88 valence electrons. The number of halogens is 1. The second kappa shape index (κ2) is 6.51. The van der Waals surface area contributed by atoms with Crippen LogP contribution in [0.5, 0.6) is 0 Å². The Labute approximate surface area is 102 Å². The van der Waals surface area contributed by atoms with Crippen LogP contribution in [0.1, 0.15) is 12.5 Å². The second-order valence-electron chi connectivity index (χ2n) is 3.82. The van der Waals surface area contributed by atoms with Crippen molar-refractivity contribution in [3.8, 4) is 0 Å². The third-order valence-corrected chi connectivity index (χ3v) is 2.35. The van der Waals surface area contributed by atoms with Gasteiger partial charge in [0.25, 0.3) is 0 Å². The van der Waals surface area contributed by atoms with Crippen LogP contribution in [0, 0.1) is 0 Å². The summed E-state index contributed by atoms with van der Waals surface area (Å²) in [5.74, 6) is 0. The van der Waals surface area contributed by atoms with E-state index < -0.39 is 0 Å². The maximum Gasteiger partial charge on any atom is 0.129 e. The smallest absolute Gasteiger partial charge is 0.129 e. The predicted molar refractivity (Wildman–Crippen MR) is 68.2 cm³/mol. The van der Waals surface area contributed by atoms with E-state index in [0.717, 1.165) is 22.8 Å². The highest BCUT2D eigenvalue weighted by Gasteiger charge is 1.97. The molecule has 3 nitrogen and oxygen atoms in total. The standard InChI is InChI=1S/C12H17ClN2O/c1-10(14-16-9-8-15(2)3)11-4-6-12(13)7-5-11/h4-7H,8-9H2,1-3H3/b14-10+. The van der Waals surface area contributed by atoms with Crippen LogP contribution in [-0.4, -0.2) is 37.9 Å². The Bertz CT molecular complexity index is 347. The molecule has 0 aliphatic heterocycles. The Morgan fingerprint density at radius 2 is 1.94 bits per heavy atom. The number of nitrogens with zero attached hydrogens (tertiary/aromatic N) is 2. The third kappa shape index (κ3) is 4.64. The first kappa shape index (κ1) is 13.0. The van der Waals surface area contributed by atoms with Crippen molar-refractivity contribution in [3.05, 3.63) is 34.9 Å².